The minimum absolute atomic E-state index is 0.0220. The maximum atomic E-state index is 13.2. The van der Waals surface area contributed by atoms with Gasteiger partial charge in [-0.2, -0.15) is 0 Å². The van der Waals surface area contributed by atoms with Crippen LogP contribution in [0, 0.1) is 13.8 Å². The molecule has 37 heavy (non-hydrogen) atoms. The number of carbonyl (C=O) groups excluding carboxylic acids is 2. The van der Waals surface area contributed by atoms with Gasteiger partial charge in [-0.25, -0.2) is 9.78 Å². The quantitative estimate of drug-likeness (QED) is 0.290. The molecular formula is C26H38N4O7. The minimum atomic E-state index is -0.907. The van der Waals surface area contributed by atoms with Gasteiger partial charge in [-0.3, -0.25) is 9.59 Å². The molecule has 0 radical (unpaired) electrons. The molecule has 2 atom stereocenters. The van der Waals surface area contributed by atoms with Gasteiger partial charge in [0.1, 0.15) is 17.2 Å². The van der Waals surface area contributed by atoms with Crippen LogP contribution < -0.4 is 15.4 Å². The third kappa shape index (κ3) is 10.1. The van der Waals surface area contributed by atoms with Crippen LogP contribution in [0.15, 0.2) is 24.5 Å². The fraction of sp³-hybridized carbons (Fsp3) is 0.538. The lowest BCUT2D eigenvalue weighted by molar-refractivity contribution is -0.137. The number of nitrogens with zero attached hydrogens (tertiary/aromatic N) is 1. The second kappa shape index (κ2) is 13.6. The molecule has 0 bridgehead atoms. The molecule has 0 spiro atoms. The molecule has 2 aromatic rings. The van der Waals surface area contributed by atoms with Gasteiger partial charge in [0.25, 0.3) is 0 Å². The largest absolute Gasteiger partial charge is 0.481 e. The summed E-state index contributed by atoms with van der Waals surface area (Å²) in [6.45, 7) is 9.13. The van der Waals surface area contributed by atoms with Gasteiger partial charge in [0.2, 0.25) is 5.91 Å². The molecule has 0 saturated carbocycles. The fourth-order valence-electron chi connectivity index (χ4n) is 4.01. The van der Waals surface area contributed by atoms with Crippen LogP contribution in [0.4, 0.5) is 4.79 Å². The molecular weight excluding hydrogens is 480 g/mol. The van der Waals surface area contributed by atoms with E-state index >= 15 is 0 Å². The van der Waals surface area contributed by atoms with Crippen LogP contribution in [0.2, 0.25) is 0 Å². The van der Waals surface area contributed by atoms with Crippen molar-refractivity contribution in [3.05, 3.63) is 47.0 Å². The van der Waals surface area contributed by atoms with Crippen molar-refractivity contribution in [1.29, 1.82) is 0 Å². The predicted octanol–water partition coefficient (Wildman–Crippen LogP) is 4.08. The number of methoxy groups -OCH3 is 1. The highest BCUT2D eigenvalue weighted by molar-refractivity contribution is 5.79. The van der Waals surface area contributed by atoms with Crippen molar-refractivity contribution in [3.63, 3.8) is 0 Å². The molecule has 2 amide bonds. The van der Waals surface area contributed by atoms with Crippen molar-refractivity contribution in [1.82, 2.24) is 20.6 Å². The Morgan fingerprint density at radius 3 is 2.32 bits per heavy atom. The molecule has 0 aliphatic heterocycles. The number of benzene rings is 1. The summed E-state index contributed by atoms with van der Waals surface area (Å²) in [5.74, 6) is -0.105. The first kappa shape index (κ1) is 29.6. The second-order valence-electron chi connectivity index (χ2n) is 9.81. The van der Waals surface area contributed by atoms with Crippen LogP contribution in [0.1, 0.15) is 81.1 Å². The number of hydrogen-bond donors (Lipinski definition) is 4. The minimum Gasteiger partial charge on any atom is -0.481 e. The number of aromatic nitrogens is 2. The average molecular weight is 519 g/mol. The van der Waals surface area contributed by atoms with E-state index in [9.17, 15) is 14.4 Å². The molecule has 204 valence electrons. The Morgan fingerprint density at radius 1 is 1.11 bits per heavy atom. The average Bonchev–Trinajstić information content (AvgIpc) is 3.29. The summed E-state index contributed by atoms with van der Waals surface area (Å²) in [5, 5.41) is 14.8. The SMILES string of the molecule is COCOc1cc(C)c(C(CC(=O)NC(CCCC(=O)O)c2ncc[nH]2)NC(=O)OC(C)(C)C)c(C)c1. The molecule has 2 unspecified atom stereocenters. The number of nitrogens with one attached hydrogen (secondary N) is 3. The lowest BCUT2D eigenvalue weighted by Crippen LogP contribution is -2.38. The zero-order chi connectivity index (χ0) is 27.6. The normalized spacial score (nSPS) is 12.9. The van der Waals surface area contributed by atoms with E-state index in [2.05, 4.69) is 20.6 Å². The number of amides is 2. The Balaban J connectivity index is 2.28. The summed E-state index contributed by atoms with van der Waals surface area (Å²) in [5.41, 5.74) is 1.70. The van der Waals surface area contributed by atoms with Gasteiger partial charge in [0.15, 0.2) is 6.79 Å². The number of carboxylic acids is 1. The van der Waals surface area contributed by atoms with Crippen LogP contribution in [0.5, 0.6) is 5.75 Å². The van der Waals surface area contributed by atoms with E-state index < -0.39 is 29.7 Å². The summed E-state index contributed by atoms with van der Waals surface area (Å²) < 4.78 is 16.0. The van der Waals surface area contributed by atoms with Gasteiger partial charge < -0.3 is 34.9 Å². The number of rotatable bonds is 13. The van der Waals surface area contributed by atoms with Crippen molar-refractivity contribution in [2.75, 3.05) is 13.9 Å². The highest BCUT2D eigenvalue weighted by atomic mass is 16.7. The number of carbonyl (C=O) groups is 3. The molecule has 11 heteroatoms. The smallest absolute Gasteiger partial charge is 0.408 e. The third-order valence-corrected chi connectivity index (χ3v) is 5.41. The third-order valence-electron chi connectivity index (χ3n) is 5.41. The van der Waals surface area contributed by atoms with Gasteiger partial charge in [0, 0.05) is 25.9 Å². The van der Waals surface area contributed by atoms with Crippen molar-refractivity contribution >= 4 is 18.0 Å². The van der Waals surface area contributed by atoms with Gasteiger partial charge >= 0.3 is 12.1 Å². The van der Waals surface area contributed by atoms with Gasteiger partial charge in [-0.15, -0.1) is 0 Å². The molecule has 0 aliphatic carbocycles. The van der Waals surface area contributed by atoms with E-state index in [1.165, 1.54) is 7.11 Å². The molecule has 11 nitrogen and oxygen atoms in total. The van der Waals surface area contributed by atoms with E-state index in [1.54, 1.807) is 33.2 Å². The molecule has 2 rings (SSSR count). The number of aliphatic carboxylic acids is 1. The van der Waals surface area contributed by atoms with Crippen molar-refractivity contribution < 1.29 is 33.7 Å². The summed E-state index contributed by atoms with van der Waals surface area (Å²) in [6.07, 6.45) is 3.21. The molecule has 0 aliphatic rings. The lowest BCUT2D eigenvalue weighted by Gasteiger charge is -2.26. The molecule has 1 aromatic heterocycles. The number of imidazole rings is 1. The van der Waals surface area contributed by atoms with Gasteiger partial charge in [-0.05, 0) is 76.3 Å². The highest BCUT2D eigenvalue weighted by Gasteiger charge is 2.27. The first-order valence-corrected chi connectivity index (χ1v) is 12.1. The van der Waals surface area contributed by atoms with E-state index in [0.29, 0.717) is 24.4 Å². The lowest BCUT2D eigenvalue weighted by atomic mass is 9.93. The Labute approximate surface area is 217 Å². The van der Waals surface area contributed by atoms with Gasteiger partial charge in [0.05, 0.1) is 18.5 Å². The van der Waals surface area contributed by atoms with Crippen molar-refractivity contribution in [2.45, 2.75) is 78.0 Å². The van der Waals surface area contributed by atoms with Crippen LogP contribution in [-0.2, 0) is 19.1 Å². The Hall–Kier alpha value is -3.60. The van der Waals surface area contributed by atoms with E-state index in [4.69, 9.17) is 19.3 Å². The molecule has 0 fully saturated rings. The van der Waals surface area contributed by atoms with Crippen LogP contribution in [0.3, 0.4) is 0 Å². The van der Waals surface area contributed by atoms with E-state index in [1.807, 2.05) is 26.0 Å². The zero-order valence-corrected chi connectivity index (χ0v) is 22.3. The Morgan fingerprint density at radius 2 is 1.78 bits per heavy atom. The monoisotopic (exact) mass is 518 g/mol. The van der Waals surface area contributed by atoms with Crippen LogP contribution in [0.25, 0.3) is 0 Å². The maximum Gasteiger partial charge on any atom is 0.408 e. The van der Waals surface area contributed by atoms with E-state index in [-0.39, 0.29) is 25.5 Å². The van der Waals surface area contributed by atoms with Crippen molar-refractivity contribution in [2.24, 2.45) is 0 Å². The Bertz CT molecular complexity index is 1020. The fourth-order valence-corrected chi connectivity index (χ4v) is 4.01. The van der Waals surface area contributed by atoms with Crippen LogP contribution in [-0.4, -0.2) is 52.5 Å². The standard InChI is InChI=1S/C26H38N4O7/c1-16-12-18(36-15-35-6)13-17(2)23(16)20(30-25(34)37-26(3,4)5)14-21(31)29-19(8-7-9-22(32)33)24-27-10-11-28-24/h10-13,19-20H,7-9,14-15H2,1-6H3,(H,27,28)(H,29,31)(H,30,34)(H,32,33). The Kier molecular flexibility index (Phi) is 10.9. The predicted molar refractivity (Wildman–Crippen MR) is 136 cm³/mol. The molecule has 1 heterocycles. The number of alkyl carbamates (subject to hydrolysis) is 1. The van der Waals surface area contributed by atoms with Gasteiger partial charge in [-0.1, -0.05) is 0 Å². The summed E-state index contributed by atoms with van der Waals surface area (Å²) >= 11 is 0. The highest BCUT2D eigenvalue weighted by Crippen LogP contribution is 2.30. The molecule has 4 N–H and O–H groups in total. The van der Waals surface area contributed by atoms with Crippen LogP contribution >= 0.6 is 0 Å². The second-order valence-corrected chi connectivity index (χ2v) is 9.81. The number of aryl methyl sites for hydroxylation is 2. The zero-order valence-electron chi connectivity index (χ0n) is 22.3. The molecule has 1 aromatic carbocycles. The maximum absolute atomic E-state index is 13.2. The number of carboxylic acid groups (broad SMARTS) is 1. The molecule has 0 saturated heterocycles. The number of hydrogen-bond acceptors (Lipinski definition) is 7. The summed E-state index contributed by atoms with van der Waals surface area (Å²) in [6, 6.07) is 2.44. The van der Waals surface area contributed by atoms with Crippen molar-refractivity contribution in [3.8, 4) is 5.75 Å². The summed E-state index contributed by atoms with van der Waals surface area (Å²) in [4.78, 5) is 44.1. The first-order valence-electron chi connectivity index (χ1n) is 12.1. The number of H-pyrrole nitrogens is 1. The summed E-state index contributed by atoms with van der Waals surface area (Å²) in [7, 11) is 1.53. The first-order chi connectivity index (χ1) is 17.4. The van der Waals surface area contributed by atoms with E-state index in [0.717, 1.165) is 16.7 Å². The number of ether oxygens (including phenoxy) is 3. The topological polar surface area (TPSA) is 152 Å². The number of aromatic amines is 1.